The average molecular weight is 127 g/mol. The molecule has 2 heteroatoms. The van der Waals surface area contributed by atoms with E-state index >= 15 is 0 Å². The van der Waals surface area contributed by atoms with E-state index in [0.717, 1.165) is 13.2 Å². The molecule has 1 aliphatic rings. The van der Waals surface area contributed by atoms with E-state index in [0.29, 0.717) is 6.61 Å². The molecule has 1 atom stereocenters. The number of morpholine rings is 1. The topological polar surface area (TPSA) is 12.5 Å². The van der Waals surface area contributed by atoms with Crippen molar-refractivity contribution in [3.05, 3.63) is 19.2 Å². The Morgan fingerprint density at radius 1 is 1.67 bits per heavy atom. The van der Waals surface area contributed by atoms with Crippen molar-refractivity contribution in [2.75, 3.05) is 26.3 Å². The monoisotopic (exact) mass is 127 g/mol. The summed E-state index contributed by atoms with van der Waals surface area (Å²) in [6.45, 7) is 7.19. The van der Waals surface area contributed by atoms with E-state index in [1.807, 2.05) is 11.4 Å². The maximum atomic E-state index is 7.45. The van der Waals surface area contributed by atoms with Gasteiger partial charge in [0.05, 0.1) is 13.2 Å². The van der Waals surface area contributed by atoms with Crippen molar-refractivity contribution in [2.24, 2.45) is 0 Å². The van der Waals surface area contributed by atoms with E-state index in [-0.39, 0.29) is 6.52 Å². The molecule has 1 aliphatic heterocycles. The van der Waals surface area contributed by atoms with E-state index in [4.69, 9.17) is 6.11 Å². The number of hydrogen-bond acceptors (Lipinski definition) is 2. The first-order valence-electron chi connectivity index (χ1n) is 3.64. The van der Waals surface area contributed by atoms with Crippen LogP contribution in [0.1, 0.15) is 1.37 Å². The fraction of sp³-hybridized carbons (Fsp3) is 0.571. The molecule has 0 amide bonds. The van der Waals surface area contributed by atoms with Crippen molar-refractivity contribution >= 4 is 0 Å². The van der Waals surface area contributed by atoms with Gasteiger partial charge in [0.25, 0.3) is 0 Å². The summed E-state index contributed by atoms with van der Waals surface area (Å²) in [5, 5.41) is 0. The van der Waals surface area contributed by atoms with Gasteiger partial charge >= 0.3 is 0 Å². The molecule has 1 saturated heterocycles. The molecule has 0 aromatic carbocycles. The highest BCUT2D eigenvalue weighted by Gasteiger charge is 2.07. The van der Waals surface area contributed by atoms with E-state index in [1.54, 1.807) is 6.08 Å². The van der Waals surface area contributed by atoms with E-state index in [2.05, 4.69) is 6.58 Å². The summed E-state index contributed by atoms with van der Waals surface area (Å²) in [6, 6.07) is 0. The number of ether oxygens (including phenoxy) is 1. The van der Waals surface area contributed by atoms with Gasteiger partial charge in [-0.1, -0.05) is 6.08 Å². The minimum Gasteiger partial charge on any atom is -0.379 e. The average Bonchev–Trinajstić information content (AvgIpc) is 1.94. The summed E-state index contributed by atoms with van der Waals surface area (Å²) in [4.78, 5) is 1.91. The van der Waals surface area contributed by atoms with Crippen molar-refractivity contribution in [3.8, 4) is 0 Å². The second kappa shape index (κ2) is 3.64. The lowest BCUT2D eigenvalue weighted by Gasteiger charge is -2.24. The minimum absolute atomic E-state index is 0.244. The summed E-state index contributed by atoms with van der Waals surface area (Å²) in [5.74, 6) is 0. The van der Waals surface area contributed by atoms with Crippen LogP contribution in [-0.2, 0) is 4.74 Å². The molecule has 2 nitrogen and oxygen atoms in total. The Labute approximate surface area is 57.5 Å². The zero-order valence-corrected chi connectivity index (χ0v) is 5.42. The third-order valence-corrected chi connectivity index (χ3v) is 1.22. The molecule has 0 aromatic rings. The van der Waals surface area contributed by atoms with E-state index in [1.165, 1.54) is 0 Å². The molecule has 1 heterocycles. The summed E-state index contributed by atoms with van der Waals surface area (Å²) in [5.41, 5.74) is 0. The van der Waals surface area contributed by atoms with Crippen LogP contribution in [0.2, 0.25) is 0 Å². The van der Waals surface area contributed by atoms with Gasteiger partial charge in [-0.3, -0.25) is 4.90 Å². The molecule has 1 unspecified atom stereocenters. The van der Waals surface area contributed by atoms with Gasteiger partial charge in [-0.05, 0) is 0 Å². The Kier molecular flexibility index (Phi) is 2.20. The quantitative estimate of drug-likeness (QED) is 0.540. The first-order valence-corrected chi connectivity index (χ1v) is 3.06. The fourth-order valence-electron chi connectivity index (χ4n) is 0.764. The number of nitrogens with zero attached hydrogens (tertiary/aromatic N) is 1. The predicted molar refractivity (Wildman–Crippen MR) is 36.9 cm³/mol. The summed E-state index contributed by atoms with van der Waals surface area (Å²) >= 11 is 0. The first-order chi connectivity index (χ1) is 4.84. The normalized spacial score (nSPS) is 31.6. The summed E-state index contributed by atoms with van der Waals surface area (Å²) in [7, 11) is 0. The lowest BCUT2D eigenvalue weighted by molar-refractivity contribution is 0.0537. The number of rotatable bonds is 2. The molecule has 1 fully saturated rings. The van der Waals surface area contributed by atoms with Gasteiger partial charge in [0, 0.05) is 21.0 Å². The van der Waals surface area contributed by atoms with Crippen molar-refractivity contribution in [1.82, 2.24) is 4.90 Å². The largest absolute Gasteiger partial charge is 0.379 e. The van der Waals surface area contributed by atoms with Gasteiger partial charge in [-0.2, -0.15) is 0 Å². The third-order valence-electron chi connectivity index (χ3n) is 1.22. The van der Waals surface area contributed by atoms with Gasteiger partial charge in [-0.15, -0.1) is 6.58 Å². The SMILES string of the molecule is [2H]C1COCCN1[CH]C=C. The predicted octanol–water partition coefficient (Wildman–Crippen LogP) is 0.666. The first kappa shape index (κ1) is 5.45. The molecule has 1 rings (SSSR count). The molecule has 0 aromatic heterocycles. The molecule has 1 radical (unpaired) electrons. The van der Waals surface area contributed by atoms with Crippen LogP contribution in [0.15, 0.2) is 12.7 Å². The lowest BCUT2D eigenvalue weighted by Crippen LogP contribution is -2.33. The van der Waals surface area contributed by atoms with Crippen molar-refractivity contribution in [3.63, 3.8) is 0 Å². The van der Waals surface area contributed by atoms with Gasteiger partial charge < -0.3 is 4.74 Å². The van der Waals surface area contributed by atoms with Crippen LogP contribution >= 0.6 is 0 Å². The van der Waals surface area contributed by atoms with Crippen LogP contribution in [0, 0.1) is 6.54 Å². The Bertz CT molecular complexity index is 118. The highest BCUT2D eigenvalue weighted by atomic mass is 16.5. The standard InChI is InChI=1S/C7H12NO/c1-2-3-8-4-6-9-7-5-8/h2-3H,1,4-7H2/i4D. The summed E-state index contributed by atoms with van der Waals surface area (Å²) in [6.07, 6.45) is 1.70. The molecule has 9 heavy (non-hydrogen) atoms. The van der Waals surface area contributed by atoms with Crippen LogP contribution in [0.3, 0.4) is 0 Å². The molecule has 0 aliphatic carbocycles. The van der Waals surface area contributed by atoms with Crippen LogP contribution in [-0.4, -0.2) is 31.2 Å². The molecule has 0 N–H and O–H groups in total. The fourth-order valence-corrected chi connectivity index (χ4v) is 0.764. The zero-order chi connectivity index (χ0) is 7.40. The number of hydrogen-bond donors (Lipinski definition) is 0. The Morgan fingerprint density at radius 3 is 3.22 bits per heavy atom. The smallest absolute Gasteiger partial charge is 0.0594 e. The van der Waals surface area contributed by atoms with Crippen molar-refractivity contribution < 1.29 is 6.11 Å². The Morgan fingerprint density at radius 2 is 2.56 bits per heavy atom. The minimum atomic E-state index is -0.244. The van der Waals surface area contributed by atoms with E-state index < -0.39 is 0 Å². The molecular formula is C7H12NO. The molecular weight excluding hydrogens is 114 g/mol. The Balaban J connectivity index is 2.32. The summed E-state index contributed by atoms with van der Waals surface area (Å²) < 4.78 is 12.5. The van der Waals surface area contributed by atoms with E-state index in [9.17, 15) is 0 Å². The second-order valence-corrected chi connectivity index (χ2v) is 1.88. The van der Waals surface area contributed by atoms with Crippen LogP contribution in [0.5, 0.6) is 0 Å². The maximum Gasteiger partial charge on any atom is 0.0594 e. The van der Waals surface area contributed by atoms with Crippen LogP contribution < -0.4 is 0 Å². The van der Waals surface area contributed by atoms with Crippen LogP contribution in [0.4, 0.5) is 0 Å². The molecule has 0 spiro atoms. The maximum absolute atomic E-state index is 7.45. The van der Waals surface area contributed by atoms with Crippen molar-refractivity contribution in [2.45, 2.75) is 0 Å². The molecule has 51 valence electrons. The zero-order valence-electron chi connectivity index (χ0n) is 6.42. The van der Waals surface area contributed by atoms with Gasteiger partial charge in [0.2, 0.25) is 0 Å². The van der Waals surface area contributed by atoms with Crippen LogP contribution in [0.25, 0.3) is 0 Å². The highest BCUT2D eigenvalue weighted by molar-refractivity contribution is 4.87. The van der Waals surface area contributed by atoms with Crippen molar-refractivity contribution in [1.29, 1.82) is 0 Å². The molecule has 0 saturated carbocycles. The van der Waals surface area contributed by atoms with Gasteiger partial charge in [0.15, 0.2) is 0 Å². The lowest BCUT2D eigenvalue weighted by atomic mass is 10.4. The highest BCUT2D eigenvalue weighted by Crippen LogP contribution is 1.98. The third kappa shape index (κ3) is 2.16. The van der Waals surface area contributed by atoms with Gasteiger partial charge in [0.1, 0.15) is 0 Å². The Hall–Kier alpha value is -0.340. The van der Waals surface area contributed by atoms with Gasteiger partial charge in [-0.25, -0.2) is 0 Å². The molecule has 0 bridgehead atoms. The second-order valence-electron chi connectivity index (χ2n) is 1.88.